The van der Waals surface area contributed by atoms with Gasteiger partial charge in [-0.15, -0.1) is 0 Å². The lowest BCUT2D eigenvalue weighted by Crippen LogP contribution is -1.93. The van der Waals surface area contributed by atoms with Gasteiger partial charge in [-0.2, -0.15) is 0 Å². The largest absolute Gasteiger partial charge is 0.457 e. The predicted octanol–water partition coefficient (Wildman–Crippen LogP) is 4.70. The summed E-state index contributed by atoms with van der Waals surface area (Å²) in [5, 5.41) is 11.6. The van der Waals surface area contributed by atoms with Crippen LogP contribution in [0, 0.1) is 10.1 Å². The molecule has 0 atom stereocenters. The molecule has 0 bridgehead atoms. The Morgan fingerprint density at radius 3 is 2.57 bits per heavy atom. The number of ether oxygens (including phenoxy) is 1. The zero-order valence-electron chi connectivity index (χ0n) is 10.7. The van der Waals surface area contributed by atoms with E-state index in [0.29, 0.717) is 22.4 Å². The minimum atomic E-state index is -0.446. The molecule has 2 aromatic carbocycles. The van der Waals surface area contributed by atoms with Gasteiger partial charge in [-0.3, -0.25) is 10.1 Å². The molecule has 0 amide bonds. The molecule has 1 heterocycles. The highest BCUT2D eigenvalue weighted by Gasteiger charge is 2.15. The first-order chi connectivity index (χ1) is 10.1. The summed E-state index contributed by atoms with van der Waals surface area (Å²) >= 11 is 3.36. The first kappa shape index (κ1) is 13.5. The van der Waals surface area contributed by atoms with Crippen molar-refractivity contribution in [1.82, 2.24) is 4.98 Å². The summed E-state index contributed by atoms with van der Waals surface area (Å²) in [5.41, 5.74) is 0.283. The number of fused-ring (bicyclic) bond motifs is 1. The van der Waals surface area contributed by atoms with Crippen molar-refractivity contribution in [3.8, 4) is 11.5 Å². The number of nitrogens with zero attached hydrogens (tertiary/aromatic N) is 2. The number of pyridine rings is 1. The molecule has 1 aromatic heterocycles. The summed E-state index contributed by atoms with van der Waals surface area (Å²) < 4.78 is 6.75. The number of nitro benzene ring substituents is 1. The van der Waals surface area contributed by atoms with E-state index in [4.69, 9.17) is 4.74 Å². The molecule has 3 rings (SSSR count). The fourth-order valence-electron chi connectivity index (χ4n) is 2.00. The number of non-ortho nitro benzene ring substituents is 1. The Morgan fingerprint density at radius 1 is 1.10 bits per heavy atom. The van der Waals surface area contributed by atoms with Gasteiger partial charge in [0.15, 0.2) is 5.52 Å². The van der Waals surface area contributed by atoms with Crippen molar-refractivity contribution in [3.05, 3.63) is 69.3 Å². The van der Waals surface area contributed by atoms with Crippen LogP contribution in [0.2, 0.25) is 0 Å². The quantitative estimate of drug-likeness (QED) is 0.510. The van der Waals surface area contributed by atoms with Crippen molar-refractivity contribution < 1.29 is 9.66 Å². The van der Waals surface area contributed by atoms with Gasteiger partial charge in [-0.05, 0) is 36.4 Å². The van der Waals surface area contributed by atoms with E-state index in [-0.39, 0.29) is 5.69 Å². The van der Waals surface area contributed by atoms with Gasteiger partial charge in [0.1, 0.15) is 11.5 Å². The van der Waals surface area contributed by atoms with Crippen LogP contribution in [0.25, 0.3) is 10.9 Å². The van der Waals surface area contributed by atoms with Crippen LogP contribution in [0.3, 0.4) is 0 Å². The van der Waals surface area contributed by atoms with Crippen LogP contribution in [-0.2, 0) is 0 Å². The van der Waals surface area contributed by atoms with E-state index in [1.165, 1.54) is 12.3 Å². The summed E-state index contributed by atoms with van der Waals surface area (Å²) in [4.78, 5) is 14.7. The maximum atomic E-state index is 11.0. The molecule has 0 aliphatic heterocycles. The molecule has 0 unspecified atom stereocenters. The highest BCUT2D eigenvalue weighted by atomic mass is 79.9. The summed E-state index contributed by atoms with van der Waals surface area (Å²) in [5.74, 6) is 1.18. The van der Waals surface area contributed by atoms with E-state index in [1.807, 2.05) is 24.3 Å². The van der Waals surface area contributed by atoms with E-state index < -0.39 is 4.92 Å². The fourth-order valence-corrected chi connectivity index (χ4v) is 2.27. The Balaban J connectivity index is 2.09. The second-order valence-corrected chi connectivity index (χ2v) is 5.21. The maximum absolute atomic E-state index is 11.0. The van der Waals surface area contributed by atoms with Crippen molar-refractivity contribution in [2.75, 3.05) is 0 Å². The van der Waals surface area contributed by atoms with Gasteiger partial charge in [-0.1, -0.05) is 22.0 Å². The van der Waals surface area contributed by atoms with E-state index in [2.05, 4.69) is 20.9 Å². The Bertz CT molecular complexity index is 819. The average molecular weight is 345 g/mol. The number of hydrogen-bond acceptors (Lipinski definition) is 4. The molecule has 104 valence electrons. The second kappa shape index (κ2) is 5.49. The van der Waals surface area contributed by atoms with Gasteiger partial charge in [0, 0.05) is 22.1 Å². The maximum Gasteiger partial charge on any atom is 0.295 e. The molecule has 0 N–H and O–H groups in total. The van der Waals surface area contributed by atoms with Crippen molar-refractivity contribution in [2.45, 2.75) is 0 Å². The molecule has 0 saturated heterocycles. The lowest BCUT2D eigenvalue weighted by Gasteiger charge is -2.08. The Labute approximate surface area is 128 Å². The standard InChI is InChI=1S/C15H9BrN2O3/c16-10-4-6-11(7-5-10)21-14-8-9-17-15-12(14)2-1-3-13(15)18(19)20/h1-9H. The predicted molar refractivity (Wildman–Crippen MR) is 82.6 cm³/mol. The number of para-hydroxylation sites is 1. The van der Waals surface area contributed by atoms with Crippen molar-refractivity contribution in [3.63, 3.8) is 0 Å². The summed E-state index contributed by atoms with van der Waals surface area (Å²) in [7, 11) is 0. The van der Waals surface area contributed by atoms with Crippen molar-refractivity contribution >= 4 is 32.5 Å². The monoisotopic (exact) mass is 344 g/mol. The number of hydrogen-bond donors (Lipinski definition) is 0. The lowest BCUT2D eigenvalue weighted by atomic mass is 10.2. The number of aromatic nitrogens is 1. The Morgan fingerprint density at radius 2 is 1.86 bits per heavy atom. The molecule has 0 aliphatic carbocycles. The molecule has 0 aliphatic rings. The normalized spacial score (nSPS) is 10.5. The summed E-state index contributed by atoms with van der Waals surface area (Å²) in [6.45, 7) is 0. The van der Waals surface area contributed by atoms with Gasteiger partial charge < -0.3 is 4.74 Å². The van der Waals surface area contributed by atoms with Crippen LogP contribution in [0.4, 0.5) is 5.69 Å². The number of nitro groups is 1. The smallest absolute Gasteiger partial charge is 0.295 e. The lowest BCUT2D eigenvalue weighted by molar-refractivity contribution is -0.383. The van der Waals surface area contributed by atoms with Crippen LogP contribution in [-0.4, -0.2) is 9.91 Å². The van der Waals surface area contributed by atoms with Gasteiger partial charge in [0.05, 0.1) is 4.92 Å². The van der Waals surface area contributed by atoms with Crippen molar-refractivity contribution in [2.24, 2.45) is 0 Å². The highest BCUT2D eigenvalue weighted by molar-refractivity contribution is 9.10. The zero-order chi connectivity index (χ0) is 14.8. The van der Waals surface area contributed by atoms with E-state index >= 15 is 0 Å². The van der Waals surface area contributed by atoms with Gasteiger partial charge in [-0.25, -0.2) is 4.98 Å². The minimum Gasteiger partial charge on any atom is -0.457 e. The molecule has 0 saturated carbocycles. The van der Waals surface area contributed by atoms with E-state index in [0.717, 1.165) is 4.47 Å². The molecular formula is C15H9BrN2O3. The van der Waals surface area contributed by atoms with Gasteiger partial charge >= 0.3 is 0 Å². The van der Waals surface area contributed by atoms with Crippen LogP contribution < -0.4 is 4.74 Å². The molecule has 5 nitrogen and oxygen atoms in total. The SMILES string of the molecule is O=[N+]([O-])c1cccc2c(Oc3ccc(Br)cc3)ccnc12. The van der Waals surface area contributed by atoms with Gasteiger partial charge in [0.25, 0.3) is 5.69 Å². The van der Waals surface area contributed by atoms with E-state index in [9.17, 15) is 10.1 Å². The van der Waals surface area contributed by atoms with Crippen LogP contribution in [0.5, 0.6) is 11.5 Å². The summed E-state index contributed by atoms with van der Waals surface area (Å²) in [6, 6.07) is 13.8. The second-order valence-electron chi connectivity index (χ2n) is 4.30. The number of halogens is 1. The van der Waals surface area contributed by atoms with Crippen LogP contribution in [0.15, 0.2) is 59.2 Å². The Hall–Kier alpha value is -2.47. The first-order valence-corrected chi connectivity index (χ1v) is 6.90. The highest BCUT2D eigenvalue weighted by Crippen LogP contribution is 2.33. The third-order valence-corrected chi connectivity index (χ3v) is 3.48. The van der Waals surface area contributed by atoms with Crippen LogP contribution >= 0.6 is 15.9 Å². The minimum absolute atomic E-state index is 0.0336. The van der Waals surface area contributed by atoms with Crippen LogP contribution in [0.1, 0.15) is 0 Å². The number of benzene rings is 2. The zero-order valence-corrected chi connectivity index (χ0v) is 12.3. The fraction of sp³-hybridized carbons (Fsp3) is 0. The first-order valence-electron chi connectivity index (χ1n) is 6.11. The third-order valence-electron chi connectivity index (χ3n) is 2.95. The number of rotatable bonds is 3. The topological polar surface area (TPSA) is 65.3 Å². The average Bonchev–Trinajstić information content (AvgIpc) is 2.49. The Kier molecular flexibility index (Phi) is 3.53. The molecule has 3 aromatic rings. The third kappa shape index (κ3) is 2.71. The van der Waals surface area contributed by atoms with Gasteiger partial charge in [0.2, 0.25) is 0 Å². The van der Waals surface area contributed by atoms with Crippen molar-refractivity contribution in [1.29, 1.82) is 0 Å². The molecule has 0 fully saturated rings. The summed E-state index contributed by atoms with van der Waals surface area (Å²) in [6.07, 6.45) is 1.50. The molecular weight excluding hydrogens is 336 g/mol. The molecule has 6 heteroatoms. The molecule has 21 heavy (non-hydrogen) atoms. The molecule has 0 radical (unpaired) electrons. The van der Waals surface area contributed by atoms with E-state index in [1.54, 1.807) is 18.2 Å². The molecule has 0 spiro atoms.